The van der Waals surface area contributed by atoms with Gasteiger partial charge in [-0.3, -0.25) is 4.79 Å². The zero-order valence-electron chi connectivity index (χ0n) is 13.5. The molecule has 1 aromatic heterocycles. The molecular formula is C17H19N3O4. The fourth-order valence-corrected chi connectivity index (χ4v) is 3.27. The molecule has 0 N–H and O–H groups in total. The van der Waals surface area contributed by atoms with Gasteiger partial charge in [0.15, 0.2) is 17.3 Å². The molecule has 0 aliphatic carbocycles. The van der Waals surface area contributed by atoms with Gasteiger partial charge in [-0.15, -0.1) is 0 Å². The van der Waals surface area contributed by atoms with Gasteiger partial charge in [-0.25, -0.2) is 0 Å². The third kappa shape index (κ3) is 2.70. The molecule has 2 aliphatic heterocycles. The Kier molecular flexibility index (Phi) is 3.84. The van der Waals surface area contributed by atoms with E-state index in [0.717, 1.165) is 19.4 Å². The van der Waals surface area contributed by atoms with E-state index in [1.165, 1.54) is 0 Å². The maximum absolute atomic E-state index is 13.0. The van der Waals surface area contributed by atoms with Gasteiger partial charge in [-0.2, -0.15) is 4.98 Å². The lowest BCUT2D eigenvalue weighted by Gasteiger charge is -2.32. The Morgan fingerprint density at radius 3 is 3.00 bits per heavy atom. The molecular weight excluding hydrogens is 310 g/mol. The molecule has 0 unspecified atom stereocenters. The predicted molar refractivity (Wildman–Crippen MR) is 84.3 cm³/mol. The van der Waals surface area contributed by atoms with Gasteiger partial charge in [0.2, 0.25) is 5.89 Å². The molecule has 1 fully saturated rings. The number of benzene rings is 1. The minimum absolute atomic E-state index is 0.0396. The first-order valence-corrected chi connectivity index (χ1v) is 8.20. The minimum atomic E-state index is -0.0396. The van der Waals surface area contributed by atoms with Crippen LogP contribution in [0.5, 0.6) is 11.5 Å². The number of carbonyl (C=O) groups is 1. The van der Waals surface area contributed by atoms with E-state index in [0.29, 0.717) is 48.5 Å². The molecule has 0 saturated carbocycles. The van der Waals surface area contributed by atoms with E-state index < -0.39 is 0 Å². The smallest absolute Gasteiger partial charge is 0.257 e. The predicted octanol–water partition coefficient (Wildman–Crippen LogP) is 2.17. The summed E-state index contributed by atoms with van der Waals surface area (Å²) in [4.78, 5) is 19.1. The van der Waals surface area contributed by atoms with Crippen LogP contribution in [0.1, 0.15) is 40.8 Å². The first-order chi connectivity index (χ1) is 11.7. The van der Waals surface area contributed by atoms with Crippen molar-refractivity contribution in [1.29, 1.82) is 0 Å². The maximum atomic E-state index is 13.0. The Morgan fingerprint density at radius 1 is 1.29 bits per heavy atom. The van der Waals surface area contributed by atoms with Gasteiger partial charge in [-0.05, 0) is 25.0 Å². The Labute approximate surface area is 139 Å². The number of fused-ring (bicyclic) bond motifs is 1. The van der Waals surface area contributed by atoms with E-state index in [-0.39, 0.29) is 11.8 Å². The van der Waals surface area contributed by atoms with E-state index in [1.54, 1.807) is 13.0 Å². The summed E-state index contributed by atoms with van der Waals surface area (Å²) in [6.45, 7) is 4.05. The number of piperidine rings is 1. The second kappa shape index (κ2) is 6.14. The van der Waals surface area contributed by atoms with Crippen LogP contribution in [-0.2, 0) is 0 Å². The zero-order chi connectivity index (χ0) is 16.5. The summed E-state index contributed by atoms with van der Waals surface area (Å²) in [7, 11) is 0. The van der Waals surface area contributed by atoms with Gasteiger partial charge in [0.25, 0.3) is 5.91 Å². The Balaban J connectivity index is 1.56. The molecule has 0 bridgehead atoms. The molecule has 0 spiro atoms. The standard InChI is InChI=1S/C17H19N3O4/c1-11-18-16(19-24-11)12-4-3-7-20(10-12)17(21)13-5-2-6-14-15(13)23-9-8-22-14/h2,5-6,12H,3-4,7-10H2,1H3/t12-/m0/s1. The minimum Gasteiger partial charge on any atom is -0.486 e. The highest BCUT2D eigenvalue weighted by molar-refractivity contribution is 5.98. The summed E-state index contributed by atoms with van der Waals surface area (Å²) in [6, 6.07) is 5.44. The van der Waals surface area contributed by atoms with Crippen molar-refractivity contribution in [3.8, 4) is 11.5 Å². The van der Waals surface area contributed by atoms with Gasteiger partial charge >= 0.3 is 0 Å². The largest absolute Gasteiger partial charge is 0.486 e. The van der Waals surface area contributed by atoms with Crippen molar-refractivity contribution in [2.45, 2.75) is 25.7 Å². The van der Waals surface area contributed by atoms with Crippen LogP contribution < -0.4 is 9.47 Å². The molecule has 0 radical (unpaired) electrons. The Hall–Kier alpha value is -2.57. The fraction of sp³-hybridized carbons (Fsp3) is 0.471. The molecule has 7 nitrogen and oxygen atoms in total. The molecule has 1 atom stereocenters. The average molecular weight is 329 g/mol. The van der Waals surface area contributed by atoms with Gasteiger partial charge in [0.1, 0.15) is 13.2 Å². The zero-order valence-corrected chi connectivity index (χ0v) is 13.5. The summed E-state index contributed by atoms with van der Waals surface area (Å²) in [5.74, 6) is 2.48. The van der Waals surface area contributed by atoms with Gasteiger partial charge < -0.3 is 18.9 Å². The van der Waals surface area contributed by atoms with Gasteiger partial charge in [-0.1, -0.05) is 11.2 Å². The number of hydrogen-bond acceptors (Lipinski definition) is 6. The van der Waals surface area contributed by atoms with Gasteiger partial charge in [0.05, 0.1) is 5.56 Å². The van der Waals surface area contributed by atoms with Gasteiger partial charge in [0, 0.05) is 25.9 Å². The lowest BCUT2D eigenvalue weighted by atomic mass is 9.96. The summed E-state index contributed by atoms with van der Waals surface area (Å²) in [6.07, 6.45) is 1.87. The van der Waals surface area contributed by atoms with E-state index in [2.05, 4.69) is 10.1 Å². The van der Waals surface area contributed by atoms with Crippen molar-refractivity contribution >= 4 is 5.91 Å². The molecule has 1 saturated heterocycles. The van der Waals surface area contributed by atoms with Crippen LogP contribution in [0.4, 0.5) is 0 Å². The van der Waals surface area contributed by atoms with Crippen LogP contribution in [0, 0.1) is 6.92 Å². The van der Waals surface area contributed by atoms with Crippen molar-refractivity contribution in [1.82, 2.24) is 15.0 Å². The molecule has 4 rings (SSSR count). The number of nitrogens with zero attached hydrogens (tertiary/aromatic N) is 3. The molecule has 24 heavy (non-hydrogen) atoms. The summed E-state index contributed by atoms with van der Waals surface area (Å²) >= 11 is 0. The highest BCUT2D eigenvalue weighted by Crippen LogP contribution is 2.35. The first-order valence-electron chi connectivity index (χ1n) is 8.20. The van der Waals surface area contributed by atoms with Crippen molar-refractivity contribution in [2.24, 2.45) is 0 Å². The van der Waals surface area contributed by atoms with E-state index in [1.807, 2.05) is 17.0 Å². The average Bonchev–Trinajstić information content (AvgIpc) is 3.07. The Bertz CT molecular complexity index is 758. The first kappa shape index (κ1) is 15.0. The number of para-hydroxylation sites is 1. The summed E-state index contributed by atoms with van der Waals surface area (Å²) in [5.41, 5.74) is 0.553. The fourth-order valence-electron chi connectivity index (χ4n) is 3.27. The SMILES string of the molecule is Cc1nc([C@H]2CCCN(C(=O)c3cccc4c3OCCO4)C2)no1. The number of ether oxygens (including phenoxy) is 2. The second-order valence-corrected chi connectivity index (χ2v) is 6.09. The number of amides is 1. The summed E-state index contributed by atoms with van der Waals surface area (Å²) < 4.78 is 16.3. The number of rotatable bonds is 2. The lowest BCUT2D eigenvalue weighted by Crippen LogP contribution is -2.39. The highest BCUT2D eigenvalue weighted by Gasteiger charge is 2.30. The van der Waals surface area contributed by atoms with Crippen molar-refractivity contribution in [2.75, 3.05) is 26.3 Å². The molecule has 1 amide bonds. The molecule has 2 aromatic rings. The van der Waals surface area contributed by atoms with E-state index in [4.69, 9.17) is 14.0 Å². The van der Waals surface area contributed by atoms with Crippen LogP contribution in [-0.4, -0.2) is 47.3 Å². The molecule has 1 aromatic carbocycles. The summed E-state index contributed by atoms with van der Waals surface area (Å²) in [5, 5.41) is 4.01. The molecule has 3 heterocycles. The normalized spacial score (nSPS) is 20.0. The quantitative estimate of drug-likeness (QED) is 0.840. The lowest BCUT2D eigenvalue weighted by molar-refractivity contribution is 0.0693. The van der Waals surface area contributed by atoms with Crippen LogP contribution >= 0.6 is 0 Å². The van der Waals surface area contributed by atoms with Crippen molar-refractivity contribution in [3.63, 3.8) is 0 Å². The Morgan fingerprint density at radius 2 is 2.17 bits per heavy atom. The number of carbonyl (C=O) groups excluding carboxylic acids is 1. The van der Waals surface area contributed by atoms with Crippen molar-refractivity contribution < 1.29 is 18.8 Å². The topological polar surface area (TPSA) is 77.7 Å². The van der Waals surface area contributed by atoms with Crippen LogP contribution in [0.25, 0.3) is 0 Å². The highest BCUT2D eigenvalue weighted by atomic mass is 16.6. The monoisotopic (exact) mass is 329 g/mol. The van der Waals surface area contributed by atoms with Crippen LogP contribution in [0.2, 0.25) is 0 Å². The molecule has 126 valence electrons. The number of hydrogen-bond donors (Lipinski definition) is 0. The number of aryl methyl sites for hydroxylation is 1. The number of likely N-dealkylation sites (tertiary alicyclic amines) is 1. The number of aromatic nitrogens is 2. The van der Waals surface area contributed by atoms with E-state index >= 15 is 0 Å². The maximum Gasteiger partial charge on any atom is 0.257 e. The molecule has 2 aliphatic rings. The molecule has 7 heteroatoms. The second-order valence-electron chi connectivity index (χ2n) is 6.09. The van der Waals surface area contributed by atoms with Crippen LogP contribution in [0.3, 0.4) is 0 Å². The third-order valence-electron chi connectivity index (χ3n) is 4.41. The van der Waals surface area contributed by atoms with E-state index in [9.17, 15) is 4.79 Å². The van der Waals surface area contributed by atoms with Crippen molar-refractivity contribution in [3.05, 3.63) is 35.5 Å². The third-order valence-corrected chi connectivity index (χ3v) is 4.41. The van der Waals surface area contributed by atoms with Crippen LogP contribution in [0.15, 0.2) is 22.7 Å².